The summed E-state index contributed by atoms with van der Waals surface area (Å²) < 4.78 is 1.70. The van der Waals surface area contributed by atoms with Gasteiger partial charge in [0.15, 0.2) is 5.65 Å². The van der Waals surface area contributed by atoms with Crippen molar-refractivity contribution in [3.63, 3.8) is 0 Å². The van der Waals surface area contributed by atoms with Crippen LogP contribution in [-0.4, -0.2) is 24.7 Å². The van der Waals surface area contributed by atoms with Gasteiger partial charge in [0.1, 0.15) is 12.1 Å². The van der Waals surface area contributed by atoms with Crippen molar-refractivity contribution in [2.24, 2.45) is 0 Å². The number of hydrogen-bond donors (Lipinski definition) is 1. The van der Waals surface area contributed by atoms with Crippen molar-refractivity contribution in [1.29, 1.82) is 0 Å². The normalized spacial score (nSPS) is 10.7. The van der Waals surface area contributed by atoms with Gasteiger partial charge in [-0.05, 0) is 18.2 Å². The van der Waals surface area contributed by atoms with Crippen LogP contribution in [0.1, 0.15) is 5.69 Å². The Morgan fingerprint density at radius 3 is 3.00 bits per heavy atom. The highest BCUT2D eigenvalue weighted by atomic mass is 15.3. The Balaban J connectivity index is 2.25. The van der Waals surface area contributed by atoms with Crippen LogP contribution in [0.25, 0.3) is 22.8 Å². The zero-order chi connectivity index (χ0) is 12.5. The minimum atomic E-state index is 0.421. The number of fused-ring (bicyclic) bond motifs is 1. The molecule has 3 aromatic heterocycles. The summed E-state index contributed by atoms with van der Waals surface area (Å²) in [5, 5.41) is 5.00. The lowest BCUT2D eigenvalue weighted by molar-refractivity contribution is 0.891. The van der Waals surface area contributed by atoms with Gasteiger partial charge in [0, 0.05) is 6.20 Å². The quantitative estimate of drug-likeness (QED) is 0.730. The van der Waals surface area contributed by atoms with E-state index in [-0.39, 0.29) is 0 Å². The maximum atomic E-state index is 5.77. The highest BCUT2D eigenvalue weighted by molar-refractivity contribution is 5.85. The Morgan fingerprint density at radius 2 is 2.17 bits per heavy atom. The zero-order valence-corrected chi connectivity index (χ0v) is 9.48. The third-order valence-electron chi connectivity index (χ3n) is 2.62. The lowest BCUT2D eigenvalue weighted by Crippen LogP contribution is -1.99. The van der Waals surface area contributed by atoms with Crippen LogP contribution in [0.3, 0.4) is 0 Å². The number of nitrogen functional groups attached to an aromatic ring is 1. The van der Waals surface area contributed by atoms with Gasteiger partial charge in [-0.15, -0.1) is 0 Å². The first kappa shape index (κ1) is 10.4. The maximum absolute atomic E-state index is 5.77. The van der Waals surface area contributed by atoms with Gasteiger partial charge in [-0.25, -0.2) is 14.6 Å². The van der Waals surface area contributed by atoms with Gasteiger partial charge >= 0.3 is 0 Å². The third-order valence-corrected chi connectivity index (χ3v) is 2.62. The van der Waals surface area contributed by atoms with E-state index in [0.717, 1.165) is 16.8 Å². The van der Waals surface area contributed by atoms with Crippen LogP contribution in [0.5, 0.6) is 0 Å². The Hall–Kier alpha value is -2.76. The maximum Gasteiger partial charge on any atom is 0.168 e. The van der Waals surface area contributed by atoms with Gasteiger partial charge in [-0.2, -0.15) is 5.10 Å². The lowest BCUT2D eigenvalue weighted by Gasteiger charge is -2.03. The SMILES string of the molecule is C=Cc1cc(-n2ncc3c(N)ncnc32)ccn1. The van der Waals surface area contributed by atoms with Gasteiger partial charge in [0.25, 0.3) is 0 Å². The molecule has 88 valence electrons. The standard InChI is InChI=1S/C12H10N6/c1-2-8-5-9(3-4-14-8)18-12-10(6-17-18)11(13)15-7-16-12/h2-7H,1H2,(H2,13,15,16). The Labute approximate surface area is 103 Å². The molecule has 0 saturated heterocycles. The zero-order valence-electron chi connectivity index (χ0n) is 9.48. The molecule has 0 aliphatic heterocycles. The number of nitrogens with two attached hydrogens (primary N) is 1. The van der Waals surface area contributed by atoms with Crippen LogP contribution in [0.15, 0.2) is 37.4 Å². The second-order valence-electron chi connectivity index (χ2n) is 3.70. The molecular weight excluding hydrogens is 228 g/mol. The Kier molecular flexibility index (Phi) is 2.26. The highest BCUT2D eigenvalue weighted by Crippen LogP contribution is 2.19. The summed E-state index contributed by atoms with van der Waals surface area (Å²) in [7, 11) is 0. The van der Waals surface area contributed by atoms with Crippen LogP contribution < -0.4 is 5.73 Å². The Morgan fingerprint density at radius 1 is 1.28 bits per heavy atom. The van der Waals surface area contributed by atoms with E-state index >= 15 is 0 Å². The second-order valence-corrected chi connectivity index (χ2v) is 3.70. The molecule has 0 aliphatic carbocycles. The monoisotopic (exact) mass is 238 g/mol. The van der Waals surface area contributed by atoms with Crippen LogP contribution in [0, 0.1) is 0 Å². The average molecular weight is 238 g/mol. The van der Waals surface area contributed by atoms with Crippen molar-refractivity contribution in [2.75, 3.05) is 5.73 Å². The largest absolute Gasteiger partial charge is 0.383 e. The first-order chi connectivity index (χ1) is 8.79. The molecule has 0 atom stereocenters. The smallest absolute Gasteiger partial charge is 0.168 e. The summed E-state index contributed by atoms with van der Waals surface area (Å²) in [6.07, 6.45) is 6.45. The number of aromatic nitrogens is 5. The van der Waals surface area contributed by atoms with Crippen molar-refractivity contribution in [2.45, 2.75) is 0 Å². The minimum Gasteiger partial charge on any atom is -0.383 e. The van der Waals surface area contributed by atoms with E-state index in [4.69, 9.17) is 5.73 Å². The van der Waals surface area contributed by atoms with Gasteiger partial charge in [0.2, 0.25) is 0 Å². The summed E-state index contributed by atoms with van der Waals surface area (Å²) in [6.45, 7) is 3.69. The molecule has 0 spiro atoms. The summed E-state index contributed by atoms with van der Waals surface area (Å²) >= 11 is 0. The van der Waals surface area contributed by atoms with Crippen molar-refractivity contribution in [1.82, 2.24) is 24.7 Å². The molecule has 6 nitrogen and oxygen atoms in total. The molecule has 0 amide bonds. The van der Waals surface area contributed by atoms with E-state index in [1.165, 1.54) is 6.33 Å². The number of rotatable bonds is 2. The molecule has 0 aromatic carbocycles. The fourth-order valence-corrected chi connectivity index (χ4v) is 1.73. The topological polar surface area (TPSA) is 82.5 Å². The van der Waals surface area contributed by atoms with E-state index < -0.39 is 0 Å². The molecule has 2 N–H and O–H groups in total. The Bertz CT molecular complexity index is 730. The van der Waals surface area contributed by atoms with E-state index in [9.17, 15) is 0 Å². The molecule has 18 heavy (non-hydrogen) atoms. The highest BCUT2D eigenvalue weighted by Gasteiger charge is 2.09. The lowest BCUT2D eigenvalue weighted by atomic mass is 10.3. The summed E-state index contributed by atoms with van der Waals surface area (Å²) in [6, 6.07) is 3.72. The molecule has 0 fully saturated rings. The van der Waals surface area contributed by atoms with Crippen molar-refractivity contribution in [3.8, 4) is 5.69 Å². The molecule has 6 heteroatoms. The molecule has 0 aliphatic rings. The predicted molar refractivity (Wildman–Crippen MR) is 69.0 cm³/mol. The van der Waals surface area contributed by atoms with E-state index in [2.05, 4.69) is 26.6 Å². The number of pyridine rings is 1. The van der Waals surface area contributed by atoms with Crippen LogP contribution in [-0.2, 0) is 0 Å². The molecule has 0 radical (unpaired) electrons. The number of hydrogen-bond acceptors (Lipinski definition) is 5. The minimum absolute atomic E-state index is 0.421. The van der Waals surface area contributed by atoms with Crippen LogP contribution in [0.2, 0.25) is 0 Å². The van der Waals surface area contributed by atoms with E-state index in [0.29, 0.717) is 11.5 Å². The van der Waals surface area contributed by atoms with Crippen LogP contribution >= 0.6 is 0 Å². The van der Waals surface area contributed by atoms with Crippen molar-refractivity contribution < 1.29 is 0 Å². The molecule has 0 bridgehead atoms. The molecule has 0 saturated carbocycles. The van der Waals surface area contributed by atoms with Gasteiger partial charge in [-0.3, -0.25) is 4.98 Å². The number of anilines is 1. The van der Waals surface area contributed by atoms with Crippen LogP contribution in [0.4, 0.5) is 5.82 Å². The fraction of sp³-hybridized carbons (Fsp3) is 0. The molecule has 3 heterocycles. The summed E-state index contributed by atoms with van der Waals surface area (Å²) in [5.74, 6) is 0.421. The van der Waals surface area contributed by atoms with E-state index in [1.807, 2.05) is 12.1 Å². The average Bonchev–Trinajstić information content (AvgIpc) is 2.84. The third kappa shape index (κ3) is 1.51. The molecule has 0 unspecified atom stereocenters. The van der Waals surface area contributed by atoms with Gasteiger partial charge in [-0.1, -0.05) is 6.58 Å². The summed E-state index contributed by atoms with van der Waals surface area (Å²) in [5.41, 5.74) is 8.07. The van der Waals surface area contributed by atoms with Gasteiger partial charge < -0.3 is 5.73 Å². The summed E-state index contributed by atoms with van der Waals surface area (Å²) in [4.78, 5) is 12.3. The first-order valence-corrected chi connectivity index (χ1v) is 5.32. The van der Waals surface area contributed by atoms with Crippen molar-refractivity contribution in [3.05, 3.63) is 43.1 Å². The predicted octanol–water partition coefficient (Wildman–Crippen LogP) is 1.44. The molecule has 3 rings (SSSR count). The first-order valence-electron chi connectivity index (χ1n) is 5.32. The van der Waals surface area contributed by atoms with Gasteiger partial charge in [0.05, 0.1) is 23.0 Å². The number of nitrogens with zero attached hydrogens (tertiary/aromatic N) is 5. The molecule has 3 aromatic rings. The van der Waals surface area contributed by atoms with E-state index in [1.54, 1.807) is 23.2 Å². The second kappa shape index (κ2) is 3.92. The molecular formula is C12H10N6. The fourth-order valence-electron chi connectivity index (χ4n) is 1.73. The van der Waals surface area contributed by atoms with Crippen molar-refractivity contribution >= 4 is 22.9 Å².